The van der Waals surface area contributed by atoms with Gasteiger partial charge in [0.05, 0.1) is 22.3 Å². The molecule has 0 bridgehead atoms. The molecule has 0 aliphatic carbocycles. The van der Waals surface area contributed by atoms with Gasteiger partial charge in [0.15, 0.2) is 0 Å². The van der Waals surface area contributed by atoms with Crippen molar-refractivity contribution >= 4 is 122 Å². The van der Waals surface area contributed by atoms with Crippen LogP contribution in [0.5, 0.6) is 0 Å². The zero-order valence-corrected chi connectivity index (χ0v) is 43.9. The molecule has 4 nitrogen and oxygen atoms in total. The largest absolute Gasteiger partial charge is 0.456 e. The Kier molecular flexibility index (Phi) is 9.29. The first-order valence-electron chi connectivity index (χ1n) is 25.4. The first kappa shape index (κ1) is 44.0. The fourth-order valence-corrected chi connectivity index (χ4v) is 13.4. The lowest BCUT2D eigenvalue weighted by Gasteiger charge is -2.46. The summed E-state index contributed by atoms with van der Waals surface area (Å²) in [5, 5.41) is 6.17. The second-order valence-electron chi connectivity index (χ2n) is 23.5. The summed E-state index contributed by atoms with van der Waals surface area (Å²) in [4.78, 5) is 5.30. The fourth-order valence-electron chi connectivity index (χ4n) is 12.1. The van der Waals surface area contributed by atoms with Crippen LogP contribution in [0.1, 0.15) is 95.7 Å². The van der Waals surface area contributed by atoms with Crippen LogP contribution in [-0.2, 0) is 16.2 Å². The maximum atomic E-state index is 6.83. The molecule has 11 aromatic rings. The Hall–Kier alpha value is -7.02. The van der Waals surface area contributed by atoms with E-state index in [1.54, 1.807) is 0 Å². The highest BCUT2D eigenvalue weighted by Crippen LogP contribution is 2.54. The molecule has 5 heterocycles. The van der Waals surface area contributed by atoms with Crippen LogP contribution in [0.2, 0.25) is 0 Å². The van der Waals surface area contributed by atoms with Crippen molar-refractivity contribution in [3.63, 3.8) is 0 Å². The van der Waals surface area contributed by atoms with E-state index < -0.39 is 0 Å². The van der Waals surface area contributed by atoms with Gasteiger partial charge in [0.1, 0.15) is 11.2 Å². The zero-order chi connectivity index (χ0) is 49.2. The summed E-state index contributed by atoms with van der Waals surface area (Å²) in [6.45, 7) is 27.7. The van der Waals surface area contributed by atoms with Crippen LogP contribution < -0.4 is 26.3 Å². The van der Waals surface area contributed by atoms with Crippen LogP contribution in [0.25, 0.3) is 58.7 Å². The number of nitrogens with zero attached hydrogens (tertiary/aromatic N) is 3. The molecule has 0 fully saturated rings. The molecule has 6 heteroatoms. The van der Waals surface area contributed by atoms with Gasteiger partial charge >= 0.3 is 0 Å². The van der Waals surface area contributed by atoms with Gasteiger partial charge in [-0.05, 0) is 142 Å². The molecule has 0 saturated carbocycles. The van der Waals surface area contributed by atoms with Gasteiger partial charge in [-0.3, -0.25) is 0 Å². The van der Waals surface area contributed by atoms with Crippen molar-refractivity contribution in [1.29, 1.82) is 0 Å². The molecule has 0 radical (unpaired) electrons. The Morgan fingerprint density at radius 3 is 1.54 bits per heavy atom. The number of hydrogen-bond acceptors (Lipinski definition) is 4. The van der Waals surface area contributed by atoms with Crippen molar-refractivity contribution in [2.75, 3.05) is 9.80 Å². The van der Waals surface area contributed by atoms with Gasteiger partial charge < -0.3 is 18.8 Å². The van der Waals surface area contributed by atoms with E-state index in [4.69, 9.17) is 4.42 Å². The smallest absolute Gasteiger partial charge is 0.273 e. The SMILES string of the molecule is Cc1c(C)c2c3c(c1C)N(c1ccc(C(C)(C)C)cc1)c1c(n(-c4ccc(C(C)(C)C)cc4)c4ccc5c6ccccc6sc5c14)B3c1ccc3oc4ccccc4c3c1N2c1ccc(C(C)(C)C)cc1. The molecular weight excluding hydrogens is 882 g/mol. The second kappa shape index (κ2) is 15.0. The first-order valence-corrected chi connectivity index (χ1v) is 26.2. The molecule has 8 aromatic carbocycles. The average molecular weight is 942 g/mol. The van der Waals surface area contributed by atoms with E-state index in [2.05, 4.69) is 243 Å². The van der Waals surface area contributed by atoms with Crippen molar-refractivity contribution in [2.45, 2.75) is 99.3 Å². The molecule has 2 aliphatic heterocycles. The van der Waals surface area contributed by atoms with E-state index in [0.29, 0.717) is 0 Å². The van der Waals surface area contributed by atoms with E-state index >= 15 is 0 Å². The number of fused-ring (bicyclic) bond motifs is 14. The summed E-state index contributed by atoms with van der Waals surface area (Å²) < 4.78 is 12.1. The number of hydrogen-bond donors (Lipinski definition) is 0. The summed E-state index contributed by atoms with van der Waals surface area (Å²) in [5.74, 6) is 0. The molecule has 0 amide bonds. The van der Waals surface area contributed by atoms with Gasteiger partial charge in [0.2, 0.25) is 0 Å². The van der Waals surface area contributed by atoms with E-state index in [-0.39, 0.29) is 23.0 Å². The number of para-hydroxylation sites is 1. The molecule has 0 unspecified atom stereocenters. The van der Waals surface area contributed by atoms with Crippen molar-refractivity contribution in [1.82, 2.24) is 4.57 Å². The lowest BCUT2D eigenvalue weighted by atomic mass is 9.34. The summed E-state index contributed by atoms with van der Waals surface area (Å²) >= 11 is 1.93. The minimum absolute atomic E-state index is 0.0000359. The minimum Gasteiger partial charge on any atom is -0.456 e. The van der Waals surface area contributed by atoms with Crippen molar-refractivity contribution in [3.05, 3.63) is 179 Å². The number of rotatable bonds is 3. The van der Waals surface area contributed by atoms with Gasteiger partial charge in [-0.1, -0.05) is 147 Å². The highest BCUT2D eigenvalue weighted by atomic mass is 32.1. The summed E-state index contributed by atoms with van der Waals surface area (Å²) in [5.41, 5.74) is 23.2. The van der Waals surface area contributed by atoms with E-state index in [9.17, 15) is 0 Å². The molecule has 3 aromatic heterocycles. The summed E-state index contributed by atoms with van der Waals surface area (Å²) in [7, 11) is 0. The lowest BCUT2D eigenvalue weighted by Crippen LogP contribution is -2.63. The summed E-state index contributed by atoms with van der Waals surface area (Å²) in [6, 6.07) is 55.4. The van der Waals surface area contributed by atoms with E-state index in [0.717, 1.165) is 39.0 Å². The number of anilines is 6. The third kappa shape index (κ3) is 6.29. The molecule has 71 heavy (non-hydrogen) atoms. The Morgan fingerprint density at radius 1 is 0.437 bits per heavy atom. The van der Waals surface area contributed by atoms with E-state index in [1.807, 2.05) is 11.3 Å². The predicted molar refractivity (Wildman–Crippen MR) is 308 cm³/mol. The quantitative estimate of drug-likeness (QED) is 0.165. The maximum Gasteiger partial charge on any atom is 0.273 e. The molecule has 2 aliphatic rings. The Morgan fingerprint density at radius 2 is 0.958 bits per heavy atom. The zero-order valence-electron chi connectivity index (χ0n) is 43.1. The fraction of sp³-hybridized carbons (Fsp3) is 0.231. The van der Waals surface area contributed by atoms with Crippen LogP contribution in [0.15, 0.2) is 150 Å². The van der Waals surface area contributed by atoms with Crippen LogP contribution in [-0.4, -0.2) is 11.3 Å². The minimum atomic E-state index is -0.157. The van der Waals surface area contributed by atoms with Gasteiger partial charge in [0.25, 0.3) is 6.71 Å². The Balaban J connectivity index is 1.25. The molecule has 0 saturated heterocycles. The van der Waals surface area contributed by atoms with Crippen LogP contribution in [0.3, 0.4) is 0 Å². The number of aromatic nitrogens is 1. The third-order valence-corrected chi connectivity index (χ3v) is 17.3. The molecule has 0 N–H and O–H groups in total. The van der Waals surface area contributed by atoms with Gasteiger partial charge in [0, 0.05) is 65.0 Å². The normalized spacial score (nSPS) is 13.8. The van der Waals surface area contributed by atoms with Gasteiger partial charge in [-0.2, -0.15) is 0 Å². The van der Waals surface area contributed by atoms with Crippen LogP contribution in [0, 0.1) is 20.8 Å². The Bertz CT molecular complexity index is 4020. The van der Waals surface area contributed by atoms with Crippen molar-refractivity contribution in [3.8, 4) is 5.69 Å². The highest BCUT2D eigenvalue weighted by molar-refractivity contribution is 7.26. The van der Waals surface area contributed by atoms with Gasteiger partial charge in [-0.25, -0.2) is 0 Å². The number of furan rings is 1. The van der Waals surface area contributed by atoms with Crippen LogP contribution in [0.4, 0.5) is 34.1 Å². The standard InChI is InChI=1S/C65H60BN3OS/c1-37-38(2)57-56-58(39(37)3)69(45-31-25-42(26-32-45)65(10,11)12)60-55-50(35-33-47-46-17-14-16-20-53(46)71-61(47)55)67(43-27-21-40(22-28-43)63(4,5)6)62(60)66(56)49-34-36-52-54(48-18-13-15-19-51(48)70-52)59(49)68(57)44-29-23-41(24-30-44)64(7,8)9/h13-36H,1-12H3. The number of benzene rings is 8. The van der Waals surface area contributed by atoms with E-state index in [1.165, 1.54) is 104 Å². The highest BCUT2D eigenvalue weighted by Gasteiger charge is 2.49. The predicted octanol–water partition coefficient (Wildman–Crippen LogP) is 16.8. The molecule has 13 rings (SSSR count). The van der Waals surface area contributed by atoms with Gasteiger partial charge in [-0.15, -0.1) is 11.3 Å². The topological polar surface area (TPSA) is 24.6 Å². The van der Waals surface area contributed by atoms with Crippen molar-refractivity contribution < 1.29 is 4.42 Å². The monoisotopic (exact) mass is 941 g/mol. The summed E-state index contributed by atoms with van der Waals surface area (Å²) in [6.07, 6.45) is 0. The molecular formula is C65H60BN3OS. The lowest BCUT2D eigenvalue weighted by molar-refractivity contribution is 0.590. The second-order valence-corrected chi connectivity index (χ2v) is 24.5. The maximum absolute atomic E-state index is 6.83. The average Bonchev–Trinajstić information content (AvgIpc) is 4.03. The van der Waals surface area contributed by atoms with Crippen LogP contribution >= 0.6 is 11.3 Å². The molecule has 350 valence electrons. The third-order valence-electron chi connectivity index (χ3n) is 16.1. The Labute approximate surface area is 422 Å². The molecule has 0 spiro atoms. The number of thiophene rings is 1. The first-order chi connectivity index (χ1) is 33.9. The molecule has 0 atom stereocenters. The van der Waals surface area contributed by atoms with Crippen molar-refractivity contribution in [2.24, 2.45) is 0 Å².